The highest BCUT2D eigenvalue weighted by molar-refractivity contribution is 7.98. The molecular weight excluding hydrogens is 384 g/mol. The van der Waals surface area contributed by atoms with E-state index in [1.807, 2.05) is 42.5 Å². The number of anilines is 1. The van der Waals surface area contributed by atoms with Gasteiger partial charge in [-0.2, -0.15) is 0 Å². The second-order valence-corrected chi connectivity index (χ2v) is 7.36. The van der Waals surface area contributed by atoms with Gasteiger partial charge in [0.1, 0.15) is 0 Å². The molecule has 4 aromatic rings. The maximum Gasteiger partial charge on any atom is 0.255 e. The molecule has 4 rings (SSSR count). The molecule has 3 aromatic carbocycles. The molecule has 4 N–H and O–H groups in total. The number of fused-ring (bicyclic) bond motifs is 1. The number of benzene rings is 3. The molecule has 2 amide bonds. The van der Waals surface area contributed by atoms with Crippen LogP contribution in [0.3, 0.4) is 0 Å². The molecule has 7 heteroatoms. The van der Waals surface area contributed by atoms with Crippen molar-refractivity contribution in [1.29, 1.82) is 0 Å². The number of amides is 2. The summed E-state index contributed by atoms with van der Waals surface area (Å²) in [4.78, 5) is 31.8. The van der Waals surface area contributed by atoms with Gasteiger partial charge in [-0.05, 0) is 48.0 Å². The van der Waals surface area contributed by atoms with E-state index in [0.29, 0.717) is 22.6 Å². The van der Waals surface area contributed by atoms with Crippen LogP contribution in [0.1, 0.15) is 26.3 Å². The van der Waals surface area contributed by atoms with Crippen LogP contribution in [0.2, 0.25) is 0 Å². The lowest BCUT2D eigenvalue weighted by Crippen LogP contribution is -2.15. The summed E-state index contributed by atoms with van der Waals surface area (Å²) in [5.74, 6) is -0.113. The average molecular weight is 402 g/mol. The zero-order chi connectivity index (χ0) is 20.2. The van der Waals surface area contributed by atoms with Gasteiger partial charge in [-0.3, -0.25) is 9.59 Å². The first-order valence-corrected chi connectivity index (χ1v) is 9.95. The van der Waals surface area contributed by atoms with E-state index in [2.05, 4.69) is 15.3 Å². The monoisotopic (exact) mass is 402 g/mol. The van der Waals surface area contributed by atoms with Crippen molar-refractivity contribution >= 4 is 40.3 Å². The fraction of sp³-hybridized carbons (Fsp3) is 0.0455. The van der Waals surface area contributed by atoms with Gasteiger partial charge >= 0.3 is 0 Å². The fourth-order valence-electron chi connectivity index (χ4n) is 2.93. The Hall–Kier alpha value is -3.58. The normalized spacial score (nSPS) is 10.8. The number of nitrogens with two attached hydrogens (primary N) is 1. The Kier molecular flexibility index (Phi) is 5.31. The predicted molar refractivity (Wildman–Crippen MR) is 115 cm³/mol. The summed E-state index contributed by atoms with van der Waals surface area (Å²) in [7, 11) is 0. The van der Waals surface area contributed by atoms with Gasteiger partial charge in [-0.15, -0.1) is 0 Å². The molecule has 0 aliphatic carbocycles. The summed E-state index contributed by atoms with van der Waals surface area (Å²) in [6.07, 6.45) is 0. The average Bonchev–Trinajstić information content (AvgIpc) is 3.16. The highest BCUT2D eigenvalue weighted by atomic mass is 32.2. The number of aromatic amines is 1. The summed E-state index contributed by atoms with van der Waals surface area (Å²) in [6.45, 7) is 0. The molecule has 6 nitrogen and oxygen atoms in total. The molecule has 0 aliphatic rings. The number of thioether (sulfide) groups is 1. The maximum absolute atomic E-state index is 12.8. The second kappa shape index (κ2) is 8.20. The zero-order valence-electron chi connectivity index (χ0n) is 15.4. The Labute approximate surface area is 171 Å². The van der Waals surface area contributed by atoms with E-state index in [4.69, 9.17) is 5.73 Å². The minimum absolute atomic E-state index is 0.211. The van der Waals surface area contributed by atoms with Crippen molar-refractivity contribution in [1.82, 2.24) is 9.97 Å². The van der Waals surface area contributed by atoms with Gasteiger partial charge in [0, 0.05) is 22.6 Å². The van der Waals surface area contributed by atoms with Crippen LogP contribution in [-0.4, -0.2) is 21.8 Å². The Bertz CT molecular complexity index is 1150. The van der Waals surface area contributed by atoms with Crippen molar-refractivity contribution in [2.45, 2.75) is 10.9 Å². The van der Waals surface area contributed by atoms with E-state index in [0.717, 1.165) is 21.8 Å². The number of H-pyrrole nitrogens is 1. The van der Waals surface area contributed by atoms with Crippen molar-refractivity contribution in [3.8, 4) is 0 Å². The lowest BCUT2D eigenvalue weighted by atomic mass is 10.1. The Morgan fingerprint density at radius 2 is 1.69 bits per heavy atom. The van der Waals surface area contributed by atoms with E-state index in [1.165, 1.54) is 0 Å². The maximum atomic E-state index is 12.8. The molecule has 1 aromatic heterocycles. The van der Waals surface area contributed by atoms with Crippen molar-refractivity contribution in [3.05, 3.63) is 89.5 Å². The molecule has 0 unspecified atom stereocenters. The van der Waals surface area contributed by atoms with Gasteiger partial charge in [-0.1, -0.05) is 42.1 Å². The summed E-state index contributed by atoms with van der Waals surface area (Å²) >= 11 is 1.54. The highest BCUT2D eigenvalue weighted by Gasteiger charge is 2.13. The Balaban J connectivity index is 1.48. The van der Waals surface area contributed by atoms with E-state index in [9.17, 15) is 9.59 Å². The van der Waals surface area contributed by atoms with E-state index in [1.54, 1.807) is 42.1 Å². The summed E-state index contributed by atoms with van der Waals surface area (Å²) in [5.41, 5.74) is 9.64. The van der Waals surface area contributed by atoms with Crippen LogP contribution in [0.4, 0.5) is 5.69 Å². The third-order valence-corrected chi connectivity index (χ3v) is 5.34. The summed E-state index contributed by atoms with van der Waals surface area (Å²) in [6, 6.07) is 21.8. The number of hydrogen-bond donors (Lipinski definition) is 3. The van der Waals surface area contributed by atoms with E-state index < -0.39 is 5.91 Å². The second-order valence-electron chi connectivity index (χ2n) is 6.40. The van der Waals surface area contributed by atoms with Crippen LogP contribution in [0.15, 0.2) is 78.0 Å². The van der Waals surface area contributed by atoms with Crippen molar-refractivity contribution in [2.24, 2.45) is 5.73 Å². The topological polar surface area (TPSA) is 101 Å². The van der Waals surface area contributed by atoms with Crippen LogP contribution in [0.5, 0.6) is 0 Å². The molecule has 0 bridgehead atoms. The van der Waals surface area contributed by atoms with Crippen molar-refractivity contribution < 1.29 is 9.59 Å². The number of primary amides is 1. The first-order chi connectivity index (χ1) is 14.1. The zero-order valence-corrected chi connectivity index (χ0v) is 16.2. The molecule has 0 radical (unpaired) electrons. The lowest BCUT2D eigenvalue weighted by molar-refractivity contribution is 0.0998. The number of imidazole rings is 1. The van der Waals surface area contributed by atoms with Crippen LogP contribution in [0, 0.1) is 0 Å². The molecule has 0 spiro atoms. The molecular formula is C22H18N4O2S. The number of aromatic nitrogens is 2. The number of rotatable bonds is 6. The number of para-hydroxylation sites is 2. The number of carbonyl (C=O) groups is 2. The van der Waals surface area contributed by atoms with Gasteiger partial charge in [0.25, 0.3) is 5.91 Å². The Morgan fingerprint density at radius 3 is 2.45 bits per heavy atom. The quantitative estimate of drug-likeness (QED) is 0.421. The van der Waals surface area contributed by atoms with E-state index >= 15 is 0 Å². The minimum atomic E-state index is -0.504. The van der Waals surface area contributed by atoms with Gasteiger partial charge in [0.2, 0.25) is 5.91 Å². The van der Waals surface area contributed by atoms with Crippen LogP contribution in [-0.2, 0) is 5.75 Å². The smallest absolute Gasteiger partial charge is 0.255 e. The predicted octanol–water partition coefficient (Wildman–Crippen LogP) is 4.21. The molecule has 1 heterocycles. The standard InChI is InChI=1S/C22H18N4O2S/c23-20(27)14-9-11-16(12-10-14)24-21(28)17-6-2-1-5-15(17)13-29-22-25-18-7-3-4-8-19(18)26-22/h1-12H,13H2,(H2,23,27)(H,24,28)(H,25,26). The largest absolute Gasteiger partial charge is 0.366 e. The molecule has 144 valence electrons. The summed E-state index contributed by atoms with van der Waals surface area (Å²) in [5, 5.41) is 3.67. The fourth-order valence-corrected chi connectivity index (χ4v) is 3.82. The molecule has 29 heavy (non-hydrogen) atoms. The van der Waals surface area contributed by atoms with Crippen LogP contribution in [0.25, 0.3) is 11.0 Å². The number of nitrogens with zero attached hydrogens (tertiary/aromatic N) is 1. The molecule has 0 saturated carbocycles. The third kappa shape index (κ3) is 4.30. The van der Waals surface area contributed by atoms with Crippen LogP contribution >= 0.6 is 11.8 Å². The third-order valence-electron chi connectivity index (χ3n) is 4.42. The van der Waals surface area contributed by atoms with Crippen molar-refractivity contribution in [2.75, 3.05) is 5.32 Å². The summed E-state index contributed by atoms with van der Waals surface area (Å²) < 4.78 is 0. The van der Waals surface area contributed by atoms with Gasteiger partial charge < -0.3 is 16.0 Å². The number of carbonyl (C=O) groups excluding carboxylic acids is 2. The van der Waals surface area contributed by atoms with E-state index in [-0.39, 0.29) is 5.91 Å². The van der Waals surface area contributed by atoms with Gasteiger partial charge in [0.15, 0.2) is 5.16 Å². The lowest BCUT2D eigenvalue weighted by Gasteiger charge is -2.10. The van der Waals surface area contributed by atoms with Gasteiger partial charge in [0.05, 0.1) is 11.0 Å². The SMILES string of the molecule is NC(=O)c1ccc(NC(=O)c2ccccc2CSc2nc3ccccc3[nH]2)cc1. The molecule has 0 atom stereocenters. The number of hydrogen-bond acceptors (Lipinski definition) is 4. The Morgan fingerprint density at radius 1 is 0.966 bits per heavy atom. The molecule has 0 saturated heterocycles. The molecule has 0 aliphatic heterocycles. The van der Waals surface area contributed by atoms with Crippen molar-refractivity contribution in [3.63, 3.8) is 0 Å². The molecule has 0 fully saturated rings. The minimum Gasteiger partial charge on any atom is -0.366 e. The van der Waals surface area contributed by atoms with Gasteiger partial charge in [-0.25, -0.2) is 4.98 Å². The first kappa shape index (κ1) is 18.8. The number of nitrogens with one attached hydrogen (secondary N) is 2. The first-order valence-electron chi connectivity index (χ1n) is 8.97. The van der Waals surface area contributed by atoms with Crippen LogP contribution < -0.4 is 11.1 Å². The highest BCUT2D eigenvalue weighted by Crippen LogP contribution is 2.25.